The number of rotatable bonds is 2. The van der Waals surface area contributed by atoms with E-state index in [1.807, 2.05) is 6.07 Å². The van der Waals surface area contributed by atoms with Crippen LogP contribution in [0.15, 0.2) is 45.3 Å². The molecule has 0 radical (unpaired) electrons. The van der Waals surface area contributed by atoms with Gasteiger partial charge in [-0.15, -0.1) is 11.3 Å². The number of nitrogens with zero attached hydrogens (tertiary/aromatic N) is 2. The fourth-order valence-corrected chi connectivity index (χ4v) is 3.39. The highest BCUT2D eigenvalue weighted by molar-refractivity contribution is 7.17. The van der Waals surface area contributed by atoms with Gasteiger partial charge in [0.15, 0.2) is 0 Å². The van der Waals surface area contributed by atoms with Gasteiger partial charge >= 0.3 is 11.8 Å². The molecule has 0 aliphatic carbocycles. The lowest BCUT2D eigenvalue weighted by molar-refractivity contribution is 0.195. The molecule has 3 aromatic rings. The zero-order valence-corrected chi connectivity index (χ0v) is 12.5. The summed E-state index contributed by atoms with van der Waals surface area (Å²) in [5, 5.41) is 11.3. The van der Waals surface area contributed by atoms with Crippen molar-refractivity contribution in [2.75, 3.05) is 0 Å². The third kappa shape index (κ3) is 2.15. The summed E-state index contributed by atoms with van der Waals surface area (Å²) in [6.07, 6.45) is -1.39. The minimum absolute atomic E-state index is 0.0387. The topological polar surface area (TPSA) is 81.3 Å². The SMILES string of the molecule is Cc1csc2c1c(=O)n(Cc1ccccc1)c(=O)n2C(=O)O. The molecule has 0 aliphatic heterocycles. The largest absolute Gasteiger partial charge is 0.464 e. The van der Waals surface area contributed by atoms with E-state index in [1.54, 1.807) is 36.6 Å². The zero-order valence-electron chi connectivity index (χ0n) is 11.6. The fraction of sp³-hybridized carbons (Fsp3) is 0.133. The number of hydrogen-bond acceptors (Lipinski definition) is 4. The Labute approximate surface area is 128 Å². The van der Waals surface area contributed by atoms with Gasteiger partial charge in [0.2, 0.25) is 0 Å². The normalized spacial score (nSPS) is 11.0. The molecule has 0 unspecified atom stereocenters. The van der Waals surface area contributed by atoms with Crippen LogP contribution >= 0.6 is 11.3 Å². The van der Waals surface area contributed by atoms with Crippen LogP contribution in [0.4, 0.5) is 4.79 Å². The molecule has 0 saturated carbocycles. The van der Waals surface area contributed by atoms with E-state index in [-0.39, 0.29) is 16.8 Å². The summed E-state index contributed by atoms with van der Waals surface area (Å²) in [7, 11) is 0. The Morgan fingerprint density at radius 1 is 1.23 bits per heavy atom. The maximum Gasteiger partial charge on any atom is 0.420 e. The van der Waals surface area contributed by atoms with Crippen molar-refractivity contribution in [1.29, 1.82) is 0 Å². The Morgan fingerprint density at radius 3 is 2.55 bits per heavy atom. The van der Waals surface area contributed by atoms with Crippen LogP contribution in [0, 0.1) is 6.92 Å². The third-order valence-electron chi connectivity index (χ3n) is 3.41. The lowest BCUT2D eigenvalue weighted by Crippen LogP contribution is -2.42. The molecule has 0 atom stereocenters. The van der Waals surface area contributed by atoms with Crippen molar-refractivity contribution in [3.8, 4) is 0 Å². The van der Waals surface area contributed by atoms with Crippen LogP contribution in [0.2, 0.25) is 0 Å². The summed E-state index contributed by atoms with van der Waals surface area (Å²) in [6.45, 7) is 1.76. The van der Waals surface area contributed by atoms with Gasteiger partial charge in [0.05, 0.1) is 11.9 Å². The summed E-state index contributed by atoms with van der Waals surface area (Å²) < 4.78 is 1.60. The Bertz CT molecular complexity index is 982. The molecule has 22 heavy (non-hydrogen) atoms. The van der Waals surface area contributed by atoms with Gasteiger partial charge in [-0.2, -0.15) is 4.57 Å². The molecule has 0 aliphatic rings. The van der Waals surface area contributed by atoms with Crippen LogP contribution < -0.4 is 11.2 Å². The van der Waals surface area contributed by atoms with E-state index in [9.17, 15) is 19.5 Å². The van der Waals surface area contributed by atoms with Crippen molar-refractivity contribution in [1.82, 2.24) is 9.13 Å². The Morgan fingerprint density at radius 2 is 1.91 bits per heavy atom. The molecule has 0 saturated heterocycles. The molecule has 112 valence electrons. The summed E-state index contributed by atoms with van der Waals surface area (Å²) in [5.74, 6) is 0. The summed E-state index contributed by atoms with van der Waals surface area (Å²) in [4.78, 5) is 36.6. The van der Waals surface area contributed by atoms with Gasteiger partial charge in [0.25, 0.3) is 5.56 Å². The molecule has 1 N–H and O–H groups in total. The first-order valence-electron chi connectivity index (χ1n) is 6.51. The number of carboxylic acid groups (broad SMARTS) is 1. The van der Waals surface area contributed by atoms with Crippen LogP contribution in [0.25, 0.3) is 10.2 Å². The maximum absolute atomic E-state index is 12.6. The smallest absolute Gasteiger partial charge is 0.420 e. The molecule has 0 bridgehead atoms. The molecule has 7 heteroatoms. The number of benzene rings is 1. The molecule has 3 rings (SSSR count). The first kappa shape index (κ1) is 14.3. The van der Waals surface area contributed by atoms with Crippen molar-refractivity contribution >= 4 is 27.6 Å². The van der Waals surface area contributed by atoms with E-state index >= 15 is 0 Å². The second-order valence-electron chi connectivity index (χ2n) is 4.88. The van der Waals surface area contributed by atoms with Crippen LogP contribution in [-0.2, 0) is 6.54 Å². The number of fused-ring (bicyclic) bond motifs is 1. The van der Waals surface area contributed by atoms with Crippen LogP contribution in [-0.4, -0.2) is 20.3 Å². The standard InChI is InChI=1S/C15H12N2O4S/c1-9-8-22-13-11(9)12(18)16(14(19)17(13)15(20)21)7-10-5-3-2-4-6-10/h2-6,8H,7H2,1H3,(H,20,21). The first-order valence-corrected chi connectivity index (χ1v) is 7.39. The van der Waals surface area contributed by atoms with E-state index in [0.717, 1.165) is 21.5 Å². The van der Waals surface area contributed by atoms with E-state index < -0.39 is 17.3 Å². The highest BCUT2D eigenvalue weighted by Crippen LogP contribution is 2.21. The second kappa shape index (κ2) is 5.27. The lowest BCUT2D eigenvalue weighted by atomic mass is 10.2. The first-order chi connectivity index (χ1) is 10.5. The molecule has 2 aromatic heterocycles. The van der Waals surface area contributed by atoms with Crippen molar-refractivity contribution in [2.24, 2.45) is 0 Å². The van der Waals surface area contributed by atoms with E-state index in [1.165, 1.54) is 0 Å². The molecule has 0 spiro atoms. The monoisotopic (exact) mass is 316 g/mol. The molecule has 0 amide bonds. The molecular weight excluding hydrogens is 304 g/mol. The molecule has 2 heterocycles. The maximum atomic E-state index is 12.6. The van der Waals surface area contributed by atoms with Gasteiger partial charge in [-0.05, 0) is 23.4 Å². The van der Waals surface area contributed by atoms with Gasteiger partial charge in [0, 0.05) is 0 Å². The average molecular weight is 316 g/mol. The molecule has 1 aromatic carbocycles. The average Bonchev–Trinajstić information content (AvgIpc) is 2.86. The molecular formula is C15H12N2O4S. The van der Waals surface area contributed by atoms with Crippen LogP contribution in [0.5, 0.6) is 0 Å². The number of carbonyl (C=O) groups is 1. The number of thiophene rings is 1. The predicted molar refractivity (Wildman–Crippen MR) is 84.0 cm³/mol. The van der Waals surface area contributed by atoms with Crippen LogP contribution in [0.1, 0.15) is 11.1 Å². The van der Waals surface area contributed by atoms with E-state index in [0.29, 0.717) is 10.1 Å². The highest BCUT2D eigenvalue weighted by atomic mass is 32.1. The Balaban J connectivity index is 2.35. The molecule has 6 nitrogen and oxygen atoms in total. The van der Waals surface area contributed by atoms with Gasteiger partial charge in [-0.1, -0.05) is 30.3 Å². The van der Waals surface area contributed by atoms with Gasteiger partial charge < -0.3 is 5.11 Å². The summed E-state index contributed by atoms with van der Waals surface area (Å²) in [5.41, 5.74) is 0.128. The minimum atomic E-state index is -1.39. The van der Waals surface area contributed by atoms with Crippen molar-refractivity contribution < 1.29 is 9.90 Å². The minimum Gasteiger partial charge on any atom is -0.464 e. The summed E-state index contributed by atoms with van der Waals surface area (Å²) in [6, 6.07) is 8.98. The van der Waals surface area contributed by atoms with E-state index in [4.69, 9.17) is 0 Å². The number of aromatic nitrogens is 2. The number of hydrogen-bond donors (Lipinski definition) is 1. The van der Waals surface area contributed by atoms with Crippen LogP contribution in [0.3, 0.4) is 0 Å². The van der Waals surface area contributed by atoms with Gasteiger partial charge in [-0.25, -0.2) is 9.59 Å². The highest BCUT2D eigenvalue weighted by Gasteiger charge is 2.20. The second-order valence-corrected chi connectivity index (χ2v) is 5.73. The van der Waals surface area contributed by atoms with E-state index in [2.05, 4.69) is 0 Å². The lowest BCUT2D eigenvalue weighted by Gasteiger charge is -2.09. The Hall–Kier alpha value is -2.67. The molecule has 0 fully saturated rings. The zero-order chi connectivity index (χ0) is 15.9. The van der Waals surface area contributed by atoms with Crippen molar-refractivity contribution in [3.63, 3.8) is 0 Å². The Kier molecular flexibility index (Phi) is 3.42. The quantitative estimate of drug-likeness (QED) is 0.785. The summed E-state index contributed by atoms with van der Waals surface area (Å²) >= 11 is 1.08. The van der Waals surface area contributed by atoms with Gasteiger partial charge in [-0.3, -0.25) is 9.36 Å². The number of aryl methyl sites for hydroxylation is 1. The third-order valence-corrected chi connectivity index (χ3v) is 4.50. The predicted octanol–water partition coefficient (Wildman–Crippen LogP) is 2.11. The fourth-order valence-electron chi connectivity index (χ4n) is 2.36. The van der Waals surface area contributed by atoms with Crippen molar-refractivity contribution in [3.05, 3.63) is 67.7 Å². The van der Waals surface area contributed by atoms with Crippen molar-refractivity contribution in [2.45, 2.75) is 13.5 Å². The van der Waals surface area contributed by atoms with Gasteiger partial charge in [0.1, 0.15) is 4.83 Å².